The number of anilines is 2. The molecule has 1 N–H and O–H groups in total. The molecule has 1 aromatic heterocycles. The van der Waals surface area contributed by atoms with Gasteiger partial charge in [0.25, 0.3) is 5.91 Å². The van der Waals surface area contributed by atoms with Crippen LogP contribution in [0.5, 0.6) is 0 Å². The van der Waals surface area contributed by atoms with Crippen LogP contribution in [-0.4, -0.2) is 41.2 Å². The van der Waals surface area contributed by atoms with E-state index in [1.165, 1.54) is 6.33 Å². The number of carbonyl (C=O) groups is 1. The number of nitrogens with zero attached hydrogens (tertiary/aromatic N) is 3. The second-order valence-corrected chi connectivity index (χ2v) is 8.40. The van der Waals surface area contributed by atoms with Crippen molar-refractivity contribution < 1.29 is 9.53 Å². The van der Waals surface area contributed by atoms with Crippen molar-refractivity contribution in [3.8, 4) is 11.3 Å². The molecule has 0 aliphatic carbocycles. The van der Waals surface area contributed by atoms with Gasteiger partial charge in [0.15, 0.2) is 0 Å². The molecule has 6 nitrogen and oxygen atoms in total. The summed E-state index contributed by atoms with van der Waals surface area (Å²) in [6.45, 7) is 5.83. The van der Waals surface area contributed by atoms with Gasteiger partial charge in [0.2, 0.25) is 0 Å². The number of hydrogen-bond acceptors (Lipinski definition) is 5. The molecule has 4 rings (SSSR count). The van der Waals surface area contributed by atoms with E-state index in [0.29, 0.717) is 21.4 Å². The third kappa shape index (κ3) is 5.70. The summed E-state index contributed by atoms with van der Waals surface area (Å²) in [6, 6.07) is 14.6. The van der Waals surface area contributed by atoms with Crippen LogP contribution in [0, 0.1) is 0 Å². The molecule has 2 heterocycles. The molecular weight excluding hydrogens is 471 g/mol. The standard InChI is InChI=1S/C23H22Cl2N4O2.ClH/c1-14-11-29(12-15(2)31-14)18-6-4-17(5-7-18)28-23(30)22-10-21(26-13-27-22)16-3-8-19(24)20(25)9-16;/h3-10,13-15H,11-12H2,1-2H3,(H,28,30);1H. The van der Waals surface area contributed by atoms with E-state index in [1.807, 2.05) is 24.3 Å². The van der Waals surface area contributed by atoms with Crippen molar-refractivity contribution in [2.24, 2.45) is 0 Å². The molecule has 2 atom stereocenters. The first-order valence-electron chi connectivity index (χ1n) is 9.98. The Hall–Kier alpha value is -2.38. The van der Waals surface area contributed by atoms with Crippen LogP contribution < -0.4 is 10.2 Å². The molecule has 32 heavy (non-hydrogen) atoms. The summed E-state index contributed by atoms with van der Waals surface area (Å²) in [5, 5.41) is 3.77. The van der Waals surface area contributed by atoms with E-state index in [2.05, 4.69) is 34.0 Å². The van der Waals surface area contributed by atoms with Crippen molar-refractivity contribution in [2.75, 3.05) is 23.3 Å². The maximum atomic E-state index is 12.7. The number of morpholine rings is 1. The van der Waals surface area contributed by atoms with Gasteiger partial charge < -0.3 is 15.0 Å². The maximum Gasteiger partial charge on any atom is 0.274 e. The van der Waals surface area contributed by atoms with Gasteiger partial charge in [-0.05, 0) is 56.3 Å². The zero-order valence-electron chi connectivity index (χ0n) is 17.6. The lowest BCUT2D eigenvalue weighted by atomic mass is 10.1. The molecule has 1 aliphatic rings. The third-order valence-corrected chi connectivity index (χ3v) is 5.76. The van der Waals surface area contributed by atoms with E-state index in [1.54, 1.807) is 24.3 Å². The monoisotopic (exact) mass is 492 g/mol. The zero-order chi connectivity index (χ0) is 22.0. The fourth-order valence-corrected chi connectivity index (χ4v) is 3.93. The van der Waals surface area contributed by atoms with Crippen molar-refractivity contribution in [2.45, 2.75) is 26.1 Å². The first-order chi connectivity index (χ1) is 14.9. The molecule has 9 heteroatoms. The summed E-state index contributed by atoms with van der Waals surface area (Å²) in [7, 11) is 0. The summed E-state index contributed by atoms with van der Waals surface area (Å²) in [6.07, 6.45) is 1.73. The number of carbonyl (C=O) groups excluding carboxylic acids is 1. The first-order valence-corrected chi connectivity index (χ1v) is 10.7. The SMILES string of the molecule is CC1CN(c2ccc(NC(=O)c3cc(-c4ccc(Cl)c(Cl)c4)ncn3)cc2)CC(C)O1.Cl. The minimum absolute atomic E-state index is 0. The Morgan fingerprint density at radius 3 is 2.34 bits per heavy atom. The second-order valence-electron chi connectivity index (χ2n) is 7.58. The van der Waals surface area contributed by atoms with E-state index < -0.39 is 0 Å². The van der Waals surface area contributed by atoms with Crippen LogP contribution in [0.1, 0.15) is 24.3 Å². The zero-order valence-corrected chi connectivity index (χ0v) is 19.9. The largest absolute Gasteiger partial charge is 0.372 e. The number of aromatic nitrogens is 2. The Morgan fingerprint density at radius 2 is 1.69 bits per heavy atom. The Morgan fingerprint density at radius 1 is 1.00 bits per heavy atom. The molecule has 0 bridgehead atoms. The average Bonchev–Trinajstić information content (AvgIpc) is 2.75. The van der Waals surface area contributed by atoms with Gasteiger partial charge in [-0.1, -0.05) is 29.3 Å². The fourth-order valence-electron chi connectivity index (χ4n) is 3.63. The lowest BCUT2D eigenvalue weighted by Gasteiger charge is -2.36. The van der Waals surface area contributed by atoms with Crippen LogP contribution in [-0.2, 0) is 4.74 Å². The van der Waals surface area contributed by atoms with Gasteiger partial charge in [0, 0.05) is 30.0 Å². The molecule has 1 saturated heterocycles. The van der Waals surface area contributed by atoms with E-state index in [0.717, 1.165) is 24.3 Å². The summed E-state index contributed by atoms with van der Waals surface area (Å²) >= 11 is 12.1. The van der Waals surface area contributed by atoms with Crippen LogP contribution in [0.2, 0.25) is 10.0 Å². The van der Waals surface area contributed by atoms with Crippen molar-refractivity contribution in [1.29, 1.82) is 0 Å². The molecule has 1 fully saturated rings. The quantitative estimate of drug-likeness (QED) is 0.502. The third-order valence-electron chi connectivity index (χ3n) is 5.03. The van der Waals surface area contributed by atoms with Crippen molar-refractivity contribution in [1.82, 2.24) is 9.97 Å². The van der Waals surface area contributed by atoms with Crippen LogP contribution >= 0.6 is 35.6 Å². The Kier molecular flexibility index (Phi) is 7.96. The van der Waals surface area contributed by atoms with Crippen LogP contribution in [0.3, 0.4) is 0 Å². The van der Waals surface area contributed by atoms with Gasteiger partial charge in [0.1, 0.15) is 12.0 Å². The number of benzene rings is 2. The number of rotatable bonds is 4. The highest BCUT2D eigenvalue weighted by atomic mass is 35.5. The molecule has 3 aromatic rings. The van der Waals surface area contributed by atoms with Crippen LogP contribution in [0.15, 0.2) is 54.9 Å². The van der Waals surface area contributed by atoms with Crippen molar-refractivity contribution in [3.63, 3.8) is 0 Å². The molecule has 2 unspecified atom stereocenters. The molecule has 2 aromatic carbocycles. The van der Waals surface area contributed by atoms with E-state index in [4.69, 9.17) is 27.9 Å². The Labute approximate surface area is 203 Å². The number of nitrogens with one attached hydrogen (secondary N) is 1. The number of hydrogen-bond donors (Lipinski definition) is 1. The lowest BCUT2D eigenvalue weighted by Crippen LogP contribution is -2.45. The van der Waals surface area contributed by atoms with E-state index in [-0.39, 0.29) is 36.2 Å². The van der Waals surface area contributed by atoms with Gasteiger partial charge in [-0.2, -0.15) is 0 Å². The molecular formula is C23H23Cl3N4O2. The predicted octanol–water partition coefficient (Wildman–Crippen LogP) is 5.74. The van der Waals surface area contributed by atoms with Gasteiger partial charge in [-0.25, -0.2) is 9.97 Å². The highest BCUT2D eigenvalue weighted by Crippen LogP contribution is 2.28. The number of ether oxygens (including phenoxy) is 1. The summed E-state index contributed by atoms with van der Waals surface area (Å²) < 4.78 is 5.79. The van der Waals surface area contributed by atoms with Crippen LogP contribution in [0.25, 0.3) is 11.3 Å². The predicted molar refractivity (Wildman–Crippen MR) is 131 cm³/mol. The Bertz CT molecular complexity index is 1080. The summed E-state index contributed by atoms with van der Waals surface area (Å²) in [4.78, 5) is 23.3. The van der Waals surface area contributed by atoms with Gasteiger partial charge in [-0.3, -0.25) is 4.79 Å². The van der Waals surface area contributed by atoms with Gasteiger partial charge in [0.05, 0.1) is 27.9 Å². The molecule has 168 valence electrons. The highest BCUT2D eigenvalue weighted by Gasteiger charge is 2.22. The van der Waals surface area contributed by atoms with Gasteiger partial charge in [-0.15, -0.1) is 12.4 Å². The minimum atomic E-state index is -0.315. The molecule has 0 spiro atoms. The molecule has 1 aliphatic heterocycles. The fraction of sp³-hybridized carbons (Fsp3) is 0.261. The topological polar surface area (TPSA) is 67.4 Å². The summed E-state index contributed by atoms with van der Waals surface area (Å²) in [5.41, 5.74) is 3.39. The molecule has 0 radical (unpaired) electrons. The van der Waals surface area contributed by atoms with Crippen molar-refractivity contribution >= 4 is 52.9 Å². The van der Waals surface area contributed by atoms with Crippen LogP contribution in [0.4, 0.5) is 11.4 Å². The number of halogens is 3. The number of amides is 1. The van der Waals surface area contributed by atoms with Crippen molar-refractivity contribution in [3.05, 3.63) is 70.6 Å². The van der Waals surface area contributed by atoms with Gasteiger partial charge >= 0.3 is 0 Å². The molecule has 1 amide bonds. The first kappa shape index (κ1) is 24.3. The maximum absolute atomic E-state index is 12.7. The van der Waals surface area contributed by atoms with E-state index in [9.17, 15) is 4.79 Å². The van der Waals surface area contributed by atoms with E-state index >= 15 is 0 Å². The normalized spacial score (nSPS) is 18.1. The average molecular weight is 494 g/mol. The second kappa shape index (κ2) is 10.5. The molecule has 0 saturated carbocycles. The lowest BCUT2D eigenvalue weighted by molar-refractivity contribution is -0.00521. The smallest absolute Gasteiger partial charge is 0.274 e. The summed E-state index contributed by atoms with van der Waals surface area (Å²) in [5.74, 6) is -0.315. The minimum Gasteiger partial charge on any atom is -0.372 e. The highest BCUT2D eigenvalue weighted by molar-refractivity contribution is 6.42. The Balaban J connectivity index is 0.00000289.